The lowest BCUT2D eigenvalue weighted by atomic mass is 9.91. The summed E-state index contributed by atoms with van der Waals surface area (Å²) < 4.78 is 0. The van der Waals surface area contributed by atoms with Crippen molar-refractivity contribution in [2.45, 2.75) is 65.0 Å². The van der Waals surface area contributed by atoms with Crippen molar-refractivity contribution < 1.29 is 9.90 Å². The number of unbranched alkanes of at least 4 members (excludes halogenated alkanes) is 1. The topological polar surface area (TPSA) is 47.0 Å². The van der Waals surface area contributed by atoms with E-state index >= 15 is 0 Å². The van der Waals surface area contributed by atoms with Crippen LogP contribution >= 0.6 is 0 Å². The number of amides is 1. The maximum Gasteiger partial charge on any atom is 0.256 e. The van der Waals surface area contributed by atoms with Gasteiger partial charge in [-0.3, -0.25) is 9.69 Å². The number of rotatable bonds is 10. The third-order valence-corrected chi connectivity index (χ3v) is 7.87. The molecule has 0 aromatic heterocycles. The molecule has 0 fully saturated rings. The molecule has 2 aliphatic rings. The van der Waals surface area contributed by atoms with Crippen molar-refractivity contribution in [3.05, 3.63) is 64.7 Å². The summed E-state index contributed by atoms with van der Waals surface area (Å²) in [6.07, 6.45) is 6.52. The van der Waals surface area contributed by atoms with Crippen LogP contribution in [-0.4, -0.2) is 66.7 Å². The zero-order valence-electron chi connectivity index (χ0n) is 21.9. The Morgan fingerprint density at radius 2 is 1.80 bits per heavy atom. The molecule has 1 amide bonds. The molecule has 2 aromatic rings. The number of fused-ring (bicyclic) bond motifs is 2. The Morgan fingerprint density at radius 3 is 2.57 bits per heavy atom. The zero-order chi connectivity index (χ0) is 24.8. The molecule has 0 bridgehead atoms. The van der Waals surface area contributed by atoms with Crippen molar-refractivity contribution >= 4 is 11.6 Å². The van der Waals surface area contributed by atoms with Crippen molar-refractivity contribution in [1.82, 2.24) is 9.80 Å². The van der Waals surface area contributed by atoms with E-state index in [9.17, 15) is 9.90 Å². The van der Waals surface area contributed by atoms with Gasteiger partial charge in [0.2, 0.25) is 0 Å². The monoisotopic (exact) mass is 477 g/mol. The predicted octanol–water partition coefficient (Wildman–Crippen LogP) is 4.76. The van der Waals surface area contributed by atoms with Crippen molar-refractivity contribution in [3.63, 3.8) is 0 Å². The highest BCUT2D eigenvalue weighted by Crippen LogP contribution is 2.28. The van der Waals surface area contributed by atoms with Crippen LogP contribution in [0.4, 0.5) is 5.69 Å². The number of anilines is 1. The fourth-order valence-electron chi connectivity index (χ4n) is 5.63. The van der Waals surface area contributed by atoms with Gasteiger partial charge in [-0.2, -0.15) is 0 Å². The third kappa shape index (κ3) is 6.45. The first kappa shape index (κ1) is 25.7. The average Bonchev–Trinajstić information content (AvgIpc) is 2.98. The summed E-state index contributed by atoms with van der Waals surface area (Å²) >= 11 is 0. The average molecular weight is 478 g/mol. The maximum atomic E-state index is 13.5. The highest BCUT2D eigenvalue weighted by molar-refractivity contribution is 6.00. The number of hydrogen-bond donors (Lipinski definition) is 1. The molecule has 0 spiro atoms. The SMILES string of the molecule is CCCCC(CC)Cc1ccc2c(c1)N(C)CCN(C[C@H](O)CN1CCc3ccccc3C1)C2=O. The minimum atomic E-state index is -0.556. The fraction of sp³-hybridized carbons (Fsp3) is 0.567. The van der Waals surface area contributed by atoms with Crippen LogP contribution in [0.5, 0.6) is 0 Å². The Balaban J connectivity index is 1.39. The second-order valence-corrected chi connectivity index (χ2v) is 10.6. The van der Waals surface area contributed by atoms with E-state index in [1.165, 1.54) is 42.4 Å². The largest absolute Gasteiger partial charge is 0.390 e. The number of aliphatic hydroxyl groups is 1. The first-order valence-corrected chi connectivity index (χ1v) is 13.6. The Kier molecular flexibility index (Phi) is 8.85. The maximum absolute atomic E-state index is 13.5. The van der Waals surface area contributed by atoms with E-state index in [1.54, 1.807) is 0 Å². The molecular weight excluding hydrogens is 434 g/mol. The summed E-state index contributed by atoms with van der Waals surface area (Å²) in [6, 6.07) is 15.0. The molecule has 4 rings (SSSR count). The summed E-state index contributed by atoms with van der Waals surface area (Å²) in [5.41, 5.74) is 5.88. The quantitative estimate of drug-likeness (QED) is 0.536. The van der Waals surface area contributed by atoms with E-state index in [-0.39, 0.29) is 5.91 Å². The van der Waals surface area contributed by atoms with E-state index in [2.05, 4.69) is 67.1 Å². The lowest BCUT2D eigenvalue weighted by molar-refractivity contribution is 0.0521. The van der Waals surface area contributed by atoms with Crippen LogP contribution in [0.25, 0.3) is 0 Å². The highest BCUT2D eigenvalue weighted by atomic mass is 16.3. The normalized spacial score (nSPS) is 18.1. The Labute approximate surface area is 211 Å². The van der Waals surface area contributed by atoms with Gasteiger partial charge in [-0.15, -0.1) is 0 Å². The van der Waals surface area contributed by atoms with Gasteiger partial charge < -0.3 is 14.9 Å². The first-order valence-electron chi connectivity index (χ1n) is 13.6. The highest BCUT2D eigenvalue weighted by Gasteiger charge is 2.28. The summed E-state index contributed by atoms with van der Waals surface area (Å²) in [6.45, 7) is 8.73. The van der Waals surface area contributed by atoms with Crippen LogP contribution in [0.2, 0.25) is 0 Å². The van der Waals surface area contributed by atoms with Gasteiger partial charge in [-0.25, -0.2) is 0 Å². The fourth-order valence-corrected chi connectivity index (χ4v) is 5.63. The number of carbonyl (C=O) groups excluding carboxylic acids is 1. The molecule has 2 aromatic carbocycles. The molecule has 0 saturated heterocycles. The number of β-amino-alcohol motifs (C(OH)–C–C–N with tert-alkyl or cyclic N) is 1. The molecule has 0 radical (unpaired) electrons. The van der Waals surface area contributed by atoms with Gasteiger partial charge in [0.1, 0.15) is 0 Å². The molecule has 2 atom stereocenters. The van der Waals surface area contributed by atoms with Crippen LogP contribution in [0.1, 0.15) is 66.6 Å². The van der Waals surface area contributed by atoms with E-state index in [0.29, 0.717) is 25.6 Å². The Morgan fingerprint density at radius 1 is 1.00 bits per heavy atom. The van der Waals surface area contributed by atoms with Crippen molar-refractivity contribution in [3.8, 4) is 0 Å². The molecule has 35 heavy (non-hydrogen) atoms. The number of benzene rings is 2. The molecule has 0 saturated carbocycles. The molecular formula is C30H43N3O2. The Hall–Kier alpha value is -2.37. The summed E-state index contributed by atoms with van der Waals surface area (Å²) in [5.74, 6) is 0.741. The third-order valence-electron chi connectivity index (χ3n) is 7.87. The smallest absolute Gasteiger partial charge is 0.256 e. The molecule has 0 aliphatic carbocycles. The lowest BCUT2D eigenvalue weighted by Crippen LogP contribution is -2.44. The number of likely N-dealkylation sites (N-methyl/N-ethyl adjacent to an activating group) is 1. The van der Waals surface area contributed by atoms with Crippen LogP contribution in [0.15, 0.2) is 42.5 Å². The zero-order valence-corrected chi connectivity index (χ0v) is 21.9. The Bertz CT molecular complexity index is 991. The standard InChI is InChI=1S/C30H43N3O2/c1-4-6-9-23(5-2)18-24-12-13-28-29(19-24)31(3)16-17-33(30(28)35)22-27(34)21-32-15-14-25-10-7-8-11-26(25)20-32/h7-8,10-13,19,23,27,34H,4-6,9,14-18,20-22H2,1-3H3/t23?,27-/m1/s1. The molecule has 1 unspecified atom stereocenters. The van der Waals surface area contributed by atoms with Crippen LogP contribution < -0.4 is 4.90 Å². The van der Waals surface area contributed by atoms with Crippen molar-refractivity contribution in [2.75, 3.05) is 44.7 Å². The van der Waals surface area contributed by atoms with Crippen LogP contribution in [0.3, 0.4) is 0 Å². The second-order valence-electron chi connectivity index (χ2n) is 10.6. The van der Waals surface area contributed by atoms with Gasteiger partial charge in [0, 0.05) is 52.0 Å². The molecule has 5 nitrogen and oxygen atoms in total. The first-order chi connectivity index (χ1) is 17.0. The molecule has 1 N–H and O–H groups in total. The summed E-state index contributed by atoms with van der Waals surface area (Å²) in [5, 5.41) is 10.9. The lowest BCUT2D eigenvalue weighted by Gasteiger charge is -2.32. The van der Waals surface area contributed by atoms with Gasteiger partial charge in [0.05, 0.1) is 11.7 Å². The van der Waals surface area contributed by atoms with Gasteiger partial charge >= 0.3 is 0 Å². The number of aliphatic hydroxyl groups excluding tert-OH is 1. The van der Waals surface area contributed by atoms with Crippen molar-refractivity contribution in [2.24, 2.45) is 5.92 Å². The molecule has 2 aliphatic heterocycles. The minimum Gasteiger partial charge on any atom is -0.390 e. The number of nitrogens with zero attached hydrogens (tertiary/aromatic N) is 3. The molecule has 2 heterocycles. The van der Waals surface area contributed by atoms with Gasteiger partial charge in [0.25, 0.3) is 5.91 Å². The van der Waals surface area contributed by atoms with Gasteiger partial charge in [-0.05, 0) is 47.6 Å². The number of hydrogen-bond acceptors (Lipinski definition) is 4. The van der Waals surface area contributed by atoms with Crippen LogP contribution in [-0.2, 0) is 19.4 Å². The van der Waals surface area contributed by atoms with E-state index in [4.69, 9.17) is 0 Å². The van der Waals surface area contributed by atoms with E-state index in [0.717, 1.165) is 43.7 Å². The number of carbonyl (C=O) groups is 1. The van der Waals surface area contributed by atoms with Gasteiger partial charge in [0.15, 0.2) is 0 Å². The second kappa shape index (κ2) is 12.0. The molecule has 190 valence electrons. The minimum absolute atomic E-state index is 0.0389. The molecule has 5 heteroatoms. The summed E-state index contributed by atoms with van der Waals surface area (Å²) in [4.78, 5) is 19.8. The summed E-state index contributed by atoms with van der Waals surface area (Å²) in [7, 11) is 2.08. The van der Waals surface area contributed by atoms with Crippen molar-refractivity contribution in [1.29, 1.82) is 0 Å². The van der Waals surface area contributed by atoms with Gasteiger partial charge in [-0.1, -0.05) is 69.9 Å². The van der Waals surface area contributed by atoms with E-state index in [1.807, 2.05) is 11.0 Å². The van der Waals surface area contributed by atoms with Crippen LogP contribution in [0, 0.1) is 5.92 Å². The van der Waals surface area contributed by atoms with E-state index < -0.39 is 6.10 Å². The predicted molar refractivity (Wildman–Crippen MR) is 144 cm³/mol.